The maximum atomic E-state index is 11.9. The van der Waals surface area contributed by atoms with Crippen LogP contribution in [0.2, 0.25) is 0 Å². The van der Waals surface area contributed by atoms with Crippen LogP contribution < -0.4 is 10.1 Å². The first kappa shape index (κ1) is 16.1. The van der Waals surface area contributed by atoms with E-state index in [0.717, 1.165) is 23.9 Å². The van der Waals surface area contributed by atoms with Crippen LogP contribution in [-0.2, 0) is 11.3 Å². The summed E-state index contributed by atoms with van der Waals surface area (Å²) in [4.78, 5) is 18.7. The SMILES string of the molecule is CC(C)CCn1ccc2c(OCC(=O)Nc3ncc[nH]3)cccc21. The van der Waals surface area contributed by atoms with E-state index in [2.05, 4.69) is 46.0 Å². The van der Waals surface area contributed by atoms with Crippen LogP contribution in [0.1, 0.15) is 20.3 Å². The van der Waals surface area contributed by atoms with Crippen molar-refractivity contribution in [1.82, 2.24) is 14.5 Å². The fourth-order valence-electron chi connectivity index (χ4n) is 2.56. The van der Waals surface area contributed by atoms with Crippen molar-refractivity contribution in [3.63, 3.8) is 0 Å². The molecule has 3 rings (SSSR count). The highest BCUT2D eigenvalue weighted by Gasteiger charge is 2.10. The van der Waals surface area contributed by atoms with Gasteiger partial charge in [0.1, 0.15) is 5.75 Å². The summed E-state index contributed by atoms with van der Waals surface area (Å²) in [6, 6.07) is 7.95. The lowest BCUT2D eigenvalue weighted by Gasteiger charge is -2.10. The molecule has 0 aliphatic carbocycles. The number of hydrogen-bond acceptors (Lipinski definition) is 3. The molecule has 24 heavy (non-hydrogen) atoms. The van der Waals surface area contributed by atoms with Crippen LogP contribution in [0.15, 0.2) is 42.9 Å². The molecule has 0 saturated carbocycles. The Kier molecular flexibility index (Phi) is 4.84. The van der Waals surface area contributed by atoms with Crippen molar-refractivity contribution in [1.29, 1.82) is 0 Å². The molecular weight excluding hydrogens is 304 g/mol. The molecule has 0 unspecified atom stereocenters. The number of amides is 1. The van der Waals surface area contributed by atoms with Gasteiger partial charge in [-0.1, -0.05) is 19.9 Å². The molecule has 0 bridgehead atoms. The van der Waals surface area contributed by atoms with Gasteiger partial charge in [-0.3, -0.25) is 10.1 Å². The number of imidazole rings is 1. The maximum absolute atomic E-state index is 11.9. The van der Waals surface area contributed by atoms with E-state index in [1.807, 2.05) is 18.2 Å². The summed E-state index contributed by atoms with van der Waals surface area (Å²) < 4.78 is 7.93. The van der Waals surface area contributed by atoms with Crippen LogP contribution in [0.4, 0.5) is 5.95 Å². The van der Waals surface area contributed by atoms with Gasteiger partial charge >= 0.3 is 0 Å². The molecule has 1 amide bonds. The van der Waals surface area contributed by atoms with Gasteiger partial charge in [0.15, 0.2) is 6.61 Å². The molecule has 0 aliphatic heterocycles. The van der Waals surface area contributed by atoms with Crippen molar-refractivity contribution in [2.45, 2.75) is 26.8 Å². The van der Waals surface area contributed by atoms with Gasteiger partial charge in [-0.2, -0.15) is 0 Å². The third-order valence-electron chi connectivity index (χ3n) is 3.84. The average Bonchev–Trinajstić information content (AvgIpc) is 3.20. The molecule has 126 valence electrons. The zero-order chi connectivity index (χ0) is 16.9. The van der Waals surface area contributed by atoms with Crippen LogP contribution >= 0.6 is 0 Å². The number of nitrogens with one attached hydrogen (secondary N) is 2. The van der Waals surface area contributed by atoms with Gasteiger partial charge in [0, 0.05) is 30.5 Å². The molecule has 6 heteroatoms. The number of aryl methyl sites for hydroxylation is 1. The summed E-state index contributed by atoms with van der Waals surface area (Å²) in [6.07, 6.45) is 6.43. The zero-order valence-corrected chi connectivity index (χ0v) is 14.0. The fourth-order valence-corrected chi connectivity index (χ4v) is 2.56. The minimum Gasteiger partial charge on any atom is -0.483 e. The zero-order valence-electron chi connectivity index (χ0n) is 14.0. The number of fused-ring (bicyclic) bond motifs is 1. The number of anilines is 1. The van der Waals surface area contributed by atoms with Crippen molar-refractivity contribution in [2.75, 3.05) is 11.9 Å². The Morgan fingerprint density at radius 1 is 1.38 bits per heavy atom. The highest BCUT2D eigenvalue weighted by atomic mass is 16.5. The van der Waals surface area contributed by atoms with E-state index in [-0.39, 0.29) is 12.5 Å². The molecule has 0 fully saturated rings. The highest BCUT2D eigenvalue weighted by Crippen LogP contribution is 2.27. The van der Waals surface area contributed by atoms with Gasteiger partial charge in [-0.25, -0.2) is 4.98 Å². The van der Waals surface area contributed by atoms with E-state index in [0.29, 0.717) is 17.6 Å². The lowest BCUT2D eigenvalue weighted by atomic mass is 10.1. The van der Waals surface area contributed by atoms with Gasteiger partial charge in [-0.05, 0) is 30.5 Å². The first-order chi connectivity index (χ1) is 11.6. The summed E-state index contributed by atoms with van der Waals surface area (Å²) in [5.74, 6) is 1.54. The lowest BCUT2D eigenvalue weighted by molar-refractivity contribution is -0.118. The second-order valence-corrected chi connectivity index (χ2v) is 6.16. The maximum Gasteiger partial charge on any atom is 0.264 e. The van der Waals surface area contributed by atoms with E-state index in [1.54, 1.807) is 12.4 Å². The van der Waals surface area contributed by atoms with Crippen LogP contribution in [0.3, 0.4) is 0 Å². The van der Waals surface area contributed by atoms with E-state index in [4.69, 9.17) is 4.74 Å². The molecule has 0 radical (unpaired) electrons. The molecular formula is C18H22N4O2. The first-order valence-electron chi connectivity index (χ1n) is 8.13. The number of ether oxygens (including phenoxy) is 1. The number of carbonyl (C=O) groups is 1. The van der Waals surface area contributed by atoms with E-state index >= 15 is 0 Å². The van der Waals surface area contributed by atoms with E-state index < -0.39 is 0 Å². The van der Waals surface area contributed by atoms with Gasteiger partial charge in [0.25, 0.3) is 5.91 Å². The number of hydrogen-bond donors (Lipinski definition) is 2. The summed E-state index contributed by atoms with van der Waals surface area (Å²) in [5, 5.41) is 3.66. The molecule has 0 atom stereocenters. The average molecular weight is 326 g/mol. The largest absolute Gasteiger partial charge is 0.483 e. The van der Waals surface area contributed by atoms with Crippen LogP contribution in [0.5, 0.6) is 5.75 Å². The van der Waals surface area contributed by atoms with Gasteiger partial charge in [0.05, 0.1) is 5.52 Å². The number of carbonyl (C=O) groups excluding carboxylic acids is 1. The third-order valence-corrected chi connectivity index (χ3v) is 3.84. The minimum atomic E-state index is -0.249. The number of aromatic nitrogens is 3. The number of benzene rings is 1. The predicted molar refractivity (Wildman–Crippen MR) is 94.1 cm³/mol. The van der Waals surface area contributed by atoms with Crippen molar-refractivity contribution in [2.24, 2.45) is 5.92 Å². The normalized spacial score (nSPS) is 11.1. The minimum absolute atomic E-state index is 0.0585. The Bertz CT molecular complexity index is 806. The predicted octanol–water partition coefficient (Wildman–Crippen LogP) is 3.43. The van der Waals surface area contributed by atoms with E-state index in [9.17, 15) is 4.79 Å². The van der Waals surface area contributed by atoms with Crippen molar-refractivity contribution < 1.29 is 9.53 Å². The smallest absolute Gasteiger partial charge is 0.264 e. The Hall–Kier alpha value is -2.76. The second-order valence-electron chi connectivity index (χ2n) is 6.16. The summed E-state index contributed by atoms with van der Waals surface area (Å²) in [5.41, 5.74) is 1.12. The Morgan fingerprint density at radius 2 is 2.25 bits per heavy atom. The van der Waals surface area contributed by atoms with Crippen LogP contribution in [-0.4, -0.2) is 27.0 Å². The van der Waals surface area contributed by atoms with Crippen molar-refractivity contribution >= 4 is 22.8 Å². The third kappa shape index (κ3) is 3.76. The second kappa shape index (κ2) is 7.21. The van der Waals surface area contributed by atoms with Crippen molar-refractivity contribution in [3.8, 4) is 5.75 Å². The van der Waals surface area contributed by atoms with Crippen LogP contribution in [0, 0.1) is 5.92 Å². The number of aromatic amines is 1. The summed E-state index contributed by atoms with van der Waals surface area (Å²) in [7, 11) is 0. The first-order valence-corrected chi connectivity index (χ1v) is 8.13. The molecule has 2 heterocycles. The molecule has 6 nitrogen and oxygen atoms in total. The lowest BCUT2D eigenvalue weighted by Crippen LogP contribution is -2.20. The molecule has 0 spiro atoms. The van der Waals surface area contributed by atoms with E-state index in [1.165, 1.54) is 0 Å². The number of rotatable bonds is 7. The molecule has 2 N–H and O–H groups in total. The monoisotopic (exact) mass is 326 g/mol. The fraction of sp³-hybridized carbons (Fsp3) is 0.333. The quantitative estimate of drug-likeness (QED) is 0.699. The summed E-state index contributed by atoms with van der Waals surface area (Å²) >= 11 is 0. The topological polar surface area (TPSA) is 71.9 Å². The van der Waals surface area contributed by atoms with Crippen LogP contribution in [0.25, 0.3) is 10.9 Å². The number of H-pyrrole nitrogens is 1. The Labute approximate surface area is 140 Å². The van der Waals surface area contributed by atoms with Gasteiger partial charge in [-0.15, -0.1) is 0 Å². The highest BCUT2D eigenvalue weighted by molar-refractivity contribution is 5.91. The molecule has 0 aliphatic rings. The molecule has 1 aromatic carbocycles. The molecule has 2 aromatic heterocycles. The van der Waals surface area contributed by atoms with Gasteiger partial charge in [0.2, 0.25) is 5.95 Å². The number of nitrogens with zero attached hydrogens (tertiary/aromatic N) is 2. The Balaban J connectivity index is 1.67. The standard InChI is InChI=1S/C18H22N4O2/c1-13(2)6-10-22-11-7-14-15(22)4-3-5-16(14)24-12-17(23)21-18-19-8-9-20-18/h3-5,7-9,11,13H,6,10,12H2,1-2H3,(H2,19,20,21,23). The molecule has 3 aromatic rings. The Morgan fingerprint density at radius 3 is 3.00 bits per heavy atom. The van der Waals surface area contributed by atoms with Gasteiger partial charge < -0.3 is 14.3 Å². The molecule has 0 saturated heterocycles. The van der Waals surface area contributed by atoms with Crippen molar-refractivity contribution in [3.05, 3.63) is 42.9 Å². The summed E-state index contributed by atoms with van der Waals surface area (Å²) in [6.45, 7) is 5.36.